The van der Waals surface area contributed by atoms with Crippen molar-refractivity contribution in [3.05, 3.63) is 33.5 Å². The molecule has 5 heteroatoms. The number of benzene rings is 1. The normalized spacial score (nSPS) is 14.4. The van der Waals surface area contributed by atoms with E-state index in [4.69, 9.17) is 4.52 Å². The summed E-state index contributed by atoms with van der Waals surface area (Å²) in [6.07, 6.45) is 2.83. The molecule has 0 saturated heterocycles. The number of hydrogen-bond acceptors (Lipinski definition) is 4. The molecule has 1 aromatic carbocycles. The Morgan fingerprint density at radius 3 is 3.07 bits per heavy atom. The summed E-state index contributed by atoms with van der Waals surface area (Å²) in [6, 6.07) is 3.30. The Kier molecular flexibility index (Phi) is 1.56. The average molecular weight is 204 g/mol. The molecule has 0 aliphatic heterocycles. The molecule has 5 nitrogen and oxygen atoms in total. The zero-order valence-corrected chi connectivity index (χ0v) is 7.90. The molecular weight excluding hydrogens is 196 g/mol. The van der Waals surface area contributed by atoms with Gasteiger partial charge in [0.05, 0.1) is 16.0 Å². The van der Waals surface area contributed by atoms with Gasteiger partial charge in [-0.05, 0) is 24.8 Å². The first-order valence-electron chi connectivity index (χ1n) is 4.82. The van der Waals surface area contributed by atoms with Crippen LogP contribution in [0.2, 0.25) is 0 Å². The molecule has 2 aromatic rings. The summed E-state index contributed by atoms with van der Waals surface area (Å²) in [5.41, 5.74) is 2.30. The Morgan fingerprint density at radius 2 is 2.27 bits per heavy atom. The van der Waals surface area contributed by atoms with Gasteiger partial charge < -0.3 is 4.52 Å². The van der Waals surface area contributed by atoms with E-state index in [0.29, 0.717) is 5.58 Å². The second-order valence-corrected chi connectivity index (χ2v) is 3.69. The number of aryl methyl sites for hydroxylation is 2. The zero-order chi connectivity index (χ0) is 10.4. The molecule has 0 N–H and O–H groups in total. The fraction of sp³-hybridized carbons (Fsp3) is 0.300. The first-order valence-corrected chi connectivity index (χ1v) is 4.82. The van der Waals surface area contributed by atoms with E-state index in [0.717, 1.165) is 35.9 Å². The molecule has 15 heavy (non-hydrogen) atoms. The van der Waals surface area contributed by atoms with Crippen LogP contribution in [0.15, 0.2) is 16.7 Å². The van der Waals surface area contributed by atoms with Crippen molar-refractivity contribution in [2.75, 3.05) is 0 Å². The Morgan fingerprint density at radius 1 is 1.40 bits per heavy atom. The number of rotatable bonds is 1. The topological polar surface area (TPSA) is 69.2 Å². The Bertz CT molecular complexity index is 559. The van der Waals surface area contributed by atoms with E-state index >= 15 is 0 Å². The molecule has 0 radical (unpaired) electrons. The Hall–Kier alpha value is -1.91. The van der Waals surface area contributed by atoms with Crippen LogP contribution in [0.4, 0.5) is 5.69 Å². The van der Waals surface area contributed by atoms with Crippen molar-refractivity contribution in [2.24, 2.45) is 0 Å². The first-order chi connectivity index (χ1) is 7.27. The highest BCUT2D eigenvalue weighted by molar-refractivity contribution is 5.90. The van der Waals surface area contributed by atoms with Crippen LogP contribution < -0.4 is 0 Å². The number of nitro groups is 1. The van der Waals surface area contributed by atoms with E-state index < -0.39 is 4.92 Å². The van der Waals surface area contributed by atoms with Crippen LogP contribution >= 0.6 is 0 Å². The van der Waals surface area contributed by atoms with Crippen molar-refractivity contribution >= 4 is 16.7 Å². The molecule has 0 saturated carbocycles. The van der Waals surface area contributed by atoms with Gasteiger partial charge >= 0.3 is 5.69 Å². The third kappa shape index (κ3) is 1.06. The lowest BCUT2D eigenvalue weighted by Gasteiger charge is -2.08. The zero-order valence-electron chi connectivity index (χ0n) is 7.90. The van der Waals surface area contributed by atoms with Gasteiger partial charge in [-0.15, -0.1) is 0 Å². The molecule has 1 heterocycles. The summed E-state index contributed by atoms with van der Waals surface area (Å²) in [7, 11) is 0. The predicted octanol–water partition coefficient (Wildman–Crippen LogP) is 2.22. The lowest BCUT2D eigenvalue weighted by molar-refractivity contribution is -0.383. The van der Waals surface area contributed by atoms with Crippen LogP contribution in [0.1, 0.15) is 17.7 Å². The van der Waals surface area contributed by atoms with Crippen LogP contribution in [-0.4, -0.2) is 10.1 Å². The lowest BCUT2D eigenvalue weighted by Crippen LogP contribution is -2.00. The van der Waals surface area contributed by atoms with E-state index in [1.165, 1.54) is 6.07 Å². The van der Waals surface area contributed by atoms with Crippen molar-refractivity contribution in [3.63, 3.8) is 0 Å². The highest BCUT2D eigenvalue weighted by Gasteiger charge is 2.24. The molecule has 0 fully saturated rings. The fourth-order valence-corrected chi connectivity index (χ4v) is 2.14. The number of non-ortho nitro benzene ring substituents is 1. The van der Waals surface area contributed by atoms with Crippen LogP contribution in [0.3, 0.4) is 0 Å². The van der Waals surface area contributed by atoms with Crippen molar-refractivity contribution < 1.29 is 9.45 Å². The van der Waals surface area contributed by atoms with Gasteiger partial charge in [-0.1, -0.05) is 11.2 Å². The molecule has 0 atom stereocenters. The molecule has 3 rings (SSSR count). The number of nitro benzene ring substituents is 1. The third-order valence-corrected chi connectivity index (χ3v) is 2.82. The molecule has 0 unspecified atom stereocenters. The van der Waals surface area contributed by atoms with Gasteiger partial charge in [-0.25, -0.2) is 0 Å². The van der Waals surface area contributed by atoms with Crippen LogP contribution in [-0.2, 0) is 12.8 Å². The van der Waals surface area contributed by atoms with Gasteiger partial charge in [0.25, 0.3) is 0 Å². The lowest BCUT2D eigenvalue weighted by atomic mass is 9.94. The molecule has 1 aliphatic carbocycles. The summed E-state index contributed by atoms with van der Waals surface area (Å²) in [5, 5.41) is 15.5. The SMILES string of the molecule is O=[N+]([O-])c1ccc2c3c(noc13)CCC2. The molecule has 1 aromatic heterocycles. The Balaban J connectivity index is 2.41. The van der Waals surface area contributed by atoms with Gasteiger partial charge in [0.15, 0.2) is 0 Å². The van der Waals surface area contributed by atoms with E-state index in [1.54, 1.807) is 6.07 Å². The Labute approximate surface area is 84.8 Å². The van der Waals surface area contributed by atoms with Gasteiger partial charge in [0.2, 0.25) is 5.58 Å². The predicted molar refractivity (Wildman–Crippen MR) is 52.7 cm³/mol. The van der Waals surface area contributed by atoms with Crippen molar-refractivity contribution in [1.29, 1.82) is 0 Å². The van der Waals surface area contributed by atoms with E-state index in [-0.39, 0.29) is 5.69 Å². The van der Waals surface area contributed by atoms with Crippen LogP contribution in [0.5, 0.6) is 0 Å². The van der Waals surface area contributed by atoms with E-state index in [1.807, 2.05) is 0 Å². The summed E-state index contributed by atoms with van der Waals surface area (Å²) in [5.74, 6) is 0. The third-order valence-electron chi connectivity index (χ3n) is 2.82. The average Bonchev–Trinajstić information content (AvgIpc) is 2.65. The highest BCUT2D eigenvalue weighted by Crippen LogP contribution is 2.34. The molecular formula is C10H8N2O3. The smallest absolute Gasteiger partial charge is 0.315 e. The quantitative estimate of drug-likeness (QED) is 0.527. The van der Waals surface area contributed by atoms with Gasteiger partial charge in [-0.3, -0.25) is 10.1 Å². The highest BCUT2D eigenvalue weighted by atomic mass is 16.6. The maximum Gasteiger partial charge on any atom is 0.315 e. The second kappa shape index (κ2) is 2.79. The standard InChI is InChI=1S/C10H8N2O3/c13-12(14)8-5-4-6-2-1-3-7-9(6)10(8)15-11-7/h4-5H,1-3H2. The summed E-state index contributed by atoms with van der Waals surface area (Å²) < 4.78 is 5.06. The number of nitrogens with zero attached hydrogens (tertiary/aromatic N) is 2. The maximum absolute atomic E-state index is 10.8. The van der Waals surface area contributed by atoms with Crippen molar-refractivity contribution in [3.8, 4) is 0 Å². The minimum Gasteiger partial charge on any atom is -0.349 e. The summed E-state index contributed by atoms with van der Waals surface area (Å²) in [4.78, 5) is 10.3. The van der Waals surface area contributed by atoms with Gasteiger partial charge in [0, 0.05) is 6.07 Å². The number of aromatic nitrogens is 1. The summed E-state index contributed by atoms with van der Waals surface area (Å²) >= 11 is 0. The second-order valence-electron chi connectivity index (χ2n) is 3.69. The van der Waals surface area contributed by atoms with Gasteiger partial charge in [0.1, 0.15) is 0 Å². The number of hydrogen-bond donors (Lipinski definition) is 0. The minimum absolute atomic E-state index is 0.00870. The summed E-state index contributed by atoms with van der Waals surface area (Å²) in [6.45, 7) is 0. The molecule has 76 valence electrons. The van der Waals surface area contributed by atoms with Crippen LogP contribution in [0.25, 0.3) is 11.0 Å². The molecule has 0 bridgehead atoms. The molecule has 0 amide bonds. The van der Waals surface area contributed by atoms with Crippen molar-refractivity contribution in [2.45, 2.75) is 19.3 Å². The molecule has 0 spiro atoms. The van der Waals surface area contributed by atoms with Gasteiger partial charge in [-0.2, -0.15) is 0 Å². The maximum atomic E-state index is 10.8. The van der Waals surface area contributed by atoms with E-state index in [9.17, 15) is 10.1 Å². The van der Waals surface area contributed by atoms with Crippen molar-refractivity contribution in [1.82, 2.24) is 5.16 Å². The monoisotopic (exact) mass is 204 g/mol. The van der Waals surface area contributed by atoms with Crippen LogP contribution in [0, 0.1) is 10.1 Å². The fourth-order valence-electron chi connectivity index (χ4n) is 2.14. The minimum atomic E-state index is -0.428. The first kappa shape index (κ1) is 8.40. The largest absolute Gasteiger partial charge is 0.349 e. The van der Waals surface area contributed by atoms with E-state index in [2.05, 4.69) is 5.16 Å². The molecule has 1 aliphatic rings.